The van der Waals surface area contributed by atoms with Crippen molar-refractivity contribution in [2.75, 3.05) is 0 Å². The van der Waals surface area contributed by atoms with Crippen LogP contribution in [0.2, 0.25) is 0 Å². The van der Waals surface area contributed by atoms with E-state index in [1.165, 1.54) is 0 Å². The lowest BCUT2D eigenvalue weighted by Gasteiger charge is -2.23. The monoisotopic (exact) mass is 489 g/mol. The summed E-state index contributed by atoms with van der Waals surface area (Å²) in [7, 11) is 0. The highest BCUT2D eigenvalue weighted by Gasteiger charge is 2.28. The zero-order chi connectivity index (χ0) is 26.0. The molecule has 4 aromatic carbocycles. The maximum atomic E-state index is 13.7. The predicted octanol–water partition coefficient (Wildman–Crippen LogP) is 4.44. The fraction of sp³-hybridized carbons (Fsp3) is 0.129. The van der Waals surface area contributed by atoms with E-state index >= 15 is 0 Å². The Labute approximate surface area is 216 Å². The second kappa shape index (κ2) is 12.2. The van der Waals surface area contributed by atoms with Crippen LogP contribution in [0, 0.1) is 11.3 Å². The predicted molar refractivity (Wildman–Crippen MR) is 141 cm³/mol. The lowest BCUT2D eigenvalue weighted by molar-refractivity contribution is -0.129. The van der Waals surface area contributed by atoms with Gasteiger partial charge in [-0.15, -0.1) is 0 Å². The summed E-state index contributed by atoms with van der Waals surface area (Å²) in [4.78, 5) is 27.0. The Hall–Kier alpha value is -4.89. The first kappa shape index (κ1) is 25.2. The quantitative estimate of drug-likeness (QED) is 0.323. The average molecular weight is 490 g/mol. The minimum Gasteiger partial charge on any atom is -0.508 e. The zero-order valence-corrected chi connectivity index (χ0v) is 20.2. The van der Waals surface area contributed by atoms with Crippen LogP contribution in [-0.2, 0) is 22.6 Å². The van der Waals surface area contributed by atoms with Gasteiger partial charge in [0.25, 0.3) is 0 Å². The summed E-state index contributed by atoms with van der Waals surface area (Å²) < 4.78 is 0. The van der Waals surface area contributed by atoms with Crippen molar-refractivity contribution >= 4 is 11.8 Å². The van der Waals surface area contributed by atoms with E-state index in [-0.39, 0.29) is 30.5 Å². The molecule has 6 nitrogen and oxygen atoms in total. The Morgan fingerprint density at radius 3 is 1.97 bits per heavy atom. The van der Waals surface area contributed by atoms with Crippen molar-refractivity contribution in [1.82, 2.24) is 10.6 Å². The van der Waals surface area contributed by atoms with Gasteiger partial charge < -0.3 is 15.7 Å². The number of benzene rings is 4. The van der Waals surface area contributed by atoms with Crippen molar-refractivity contribution in [2.45, 2.75) is 24.9 Å². The number of nitrogens with one attached hydrogen (secondary N) is 2. The van der Waals surface area contributed by atoms with Gasteiger partial charge >= 0.3 is 0 Å². The standard InChI is InChI=1S/C31H27N3O3/c32-20-24-9-7-8-23(18-24)19-28(30(36)33-21-22-14-16-27(35)17-15-22)34-31(37)29(25-10-3-1-4-11-25)26-12-5-2-6-13-26/h1-18,28-29,35H,19,21H2,(H,33,36)(H,34,37). The number of carbonyl (C=O) groups is 2. The number of nitrogens with zero attached hydrogens (tertiary/aromatic N) is 1. The third-order valence-corrected chi connectivity index (χ3v) is 6.06. The van der Waals surface area contributed by atoms with Crippen molar-refractivity contribution in [1.29, 1.82) is 5.26 Å². The summed E-state index contributed by atoms with van der Waals surface area (Å²) >= 11 is 0. The SMILES string of the molecule is N#Cc1cccc(CC(NC(=O)C(c2ccccc2)c2ccccc2)C(=O)NCc2ccc(O)cc2)c1. The van der Waals surface area contributed by atoms with Crippen molar-refractivity contribution in [3.8, 4) is 11.8 Å². The van der Waals surface area contributed by atoms with Crippen LogP contribution < -0.4 is 10.6 Å². The molecule has 4 rings (SSSR count). The fourth-order valence-electron chi connectivity index (χ4n) is 4.18. The van der Waals surface area contributed by atoms with E-state index in [1.54, 1.807) is 42.5 Å². The molecule has 1 atom stereocenters. The molecular formula is C31H27N3O3. The van der Waals surface area contributed by atoms with Crippen molar-refractivity contribution < 1.29 is 14.7 Å². The molecule has 184 valence electrons. The van der Waals surface area contributed by atoms with Gasteiger partial charge in [0.05, 0.1) is 17.6 Å². The summed E-state index contributed by atoms with van der Waals surface area (Å²) in [5.74, 6) is -1.09. The van der Waals surface area contributed by atoms with E-state index < -0.39 is 12.0 Å². The highest BCUT2D eigenvalue weighted by Crippen LogP contribution is 2.25. The van der Waals surface area contributed by atoms with E-state index in [4.69, 9.17) is 0 Å². The number of hydrogen-bond acceptors (Lipinski definition) is 4. The Kier molecular flexibility index (Phi) is 8.30. The average Bonchev–Trinajstić information content (AvgIpc) is 2.93. The molecule has 2 amide bonds. The Morgan fingerprint density at radius 2 is 1.38 bits per heavy atom. The molecule has 37 heavy (non-hydrogen) atoms. The Balaban J connectivity index is 1.59. The van der Waals surface area contributed by atoms with Crippen molar-refractivity contribution in [2.24, 2.45) is 0 Å². The third kappa shape index (κ3) is 6.83. The Bertz CT molecular complexity index is 1340. The van der Waals surface area contributed by atoms with Crippen LogP contribution in [-0.4, -0.2) is 23.0 Å². The van der Waals surface area contributed by atoms with Crippen LogP contribution in [0.15, 0.2) is 109 Å². The highest BCUT2D eigenvalue weighted by molar-refractivity contribution is 5.92. The normalized spacial score (nSPS) is 11.4. The molecule has 0 aliphatic carbocycles. The van der Waals surface area contributed by atoms with Crippen LogP contribution in [0.3, 0.4) is 0 Å². The van der Waals surface area contributed by atoms with Gasteiger partial charge in [0.1, 0.15) is 11.8 Å². The number of phenolic OH excluding ortho intramolecular Hbond substituents is 1. The van der Waals surface area contributed by atoms with Gasteiger partial charge in [0.2, 0.25) is 11.8 Å². The molecule has 0 bridgehead atoms. The summed E-state index contributed by atoms with van der Waals surface area (Å²) in [5.41, 5.74) is 3.70. The van der Waals surface area contributed by atoms with Gasteiger partial charge in [-0.25, -0.2) is 0 Å². The largest absolute Gasteiger partial charge is 0.508 e. The maximum absolute atomic E-state index is 13.7. The number of amides is 2. The van der Waals surface area contributed by atoms with Gasteiger partial charge in [-0.3, -0.25) is 9.59 Å². The molecule has 6 heteroatoms. The highest BCUT2D eigenvalue weighted by atomic mass is 16.3. The van der Waals surface area contributed by atoms with E-state index in [0.29, 0.717) is 5.56 Å². The Morgan fingerprint density at radius 1 is 0.757 bits per heavy atom. The molecule has 1 unspecified atom stereocenters. The minimum atomic E-state index is -0.867. The fourth-order valence-corrected chi connectivity index (χ4v) is 4.18. The van der Waals surface area contributed by atoms with E-state index in [0.717, 1.165) is 22.3 Å². The smallest absolute Gasteiger partial charge is 0.243 e. The number of rotatable bonds is 9. The number of phenols is 1. The van der Waals surface area contributed by atoms with Gasteiger partial charge in [-0.05, 0) is 46.5 Å². The van der Waals surface area contributed by atoms with Crippen LogP contribution in [0.1, 0.15) is 33.7 Å². The van der Waals surface area contributed by atoms with Gasteiger partial charge in [-0.1, -0.05) is 84.9 Å². The molecule has 3 N–H and O–H groups in total. The number of aromatic hydroxyl groups is 1. The third-order valence-electron chi connectivity index (χ3n) is 6.06. The number of hydrogen-bond donors (Lipinski definition) is 3. The molecule has 0 heterocycles. The number of carbonyl (C=O) groups excluding carboxylic acids is 2. The lowest BCUT2D eigenvalue weighted by Crippen LogP contribution is -2.49. The van der Waals surface area contributed by atoms with E-state index in [1.807, 2.05) is 66.7 Å². The molecule has 4 aromatic rings. The molecule has 0 saturated carbocycles. The van der Waals surface area contributed by atoms with E-state index in [2.05, 4.69) is 16.7 Å². The second-order valence-electron chi connectivity index (χ2n) is 8.72. The van der Waals surface area contributed by atoms with Crippen molar-refractivity contribution in [3.05, 3.63) is 137 Å². The lowest BCUT2D eigenvalue weighted by atomic mass is 9.90. The molecule has 0 radical (unpaired) electrons. The molecule has 0 saturated heterocycles. The van der Waals surface area contributed by atoms with Crippen LogP contribution in [0.4, 0.5) is 0 Å². The van der Waals surface area contributed by atoms with Crippen LogP contribution in [0.5, 0.6) is 5.75 Å². The molecule has 0 aliphatic heterocycles. The van der Waals surface area contributed by atoms with E-state index in [9.17, 15) is 20.0 Å². The van der Waals surface area contributed by atoms with Gasteiger partial charge in [0.15, 0.2) is 0 Å². The number of nitriles is 1. The first-order chi connectivity index (χ1) is 18.0. The van der Waals surface area contributed by atoms with Crippen LogP contribution >= 0.6 is 0 Å². The molecule has 0 aliphatic rings. The summed E-state index contributed by atoms with van der Waals surface area (Å²) in [6.45, 7) is 0.241. The van der Waals surface area contributed by atoms with Crippen molar-refractivity contribution in [3.63, 3.8) is 0 Å². The second-order valence-corrected chi connectivity index (χ2v) is 8.72. The minimum absolute atomic E-state index is 0.144. The summed E-state index contributed by atoms with van der Waals surface area (Å²) in [6.07, 6.45) is 0.221. The summed E-state index contributed by atoms with van der Waals surface area (Å²) in [5, 5.41) is 24.7. The molecular weight excluding hydrogens is 462 g/mol. The molecule has 0 fully saturated rings. The van der Waals surface area contributed by atoms with Gasteiger partial charge in [-0.2, -0.15) is 5.26 Å². The van der Waals surface area contributed by atoms with Gasteiger partial charge in [0, 0.05) is 13.0 Å². The van der Waals surface area contributed by atoms with Crippen LogP contribution in [0.25, 0.3) is 0 Å². The maximum Gasteiger partial charge on any atom is 0.243 e. The first-order valence-corrected chi connectivity index (χ1v) is 12.0. The molecule has 0 aromatic heterocycles. The molecule has 0 spiro atoms. The topological polar surface area (TPSA) is 102 Å². The zero-order valence-electron chi connectivity index (χ0n) is 20.2. The summed E-state index contributed by atoms with van der Waals surface area (Å²) in [6, 6.07) is 33.7. The first-order valence-electron chi connectivity index (χ1n) is 12.0.